The summed E-state index contributed by atoms with van der Waals surface area (Å²) in [5, 5.41) is 3.26. The van der Waals surface area contributed by atoms with Crippen molar-refractivity contribution in [3.05, 3.63) is 59.8 Å². The summed E-state index contributed by atoms with van der Waals surface area (Å²) < 4.78 is 5.65. The van der Waals surface area contributed by atoms with E-state index in [1.54, 1.807) is 0 Å². The molecule has 1 fully saturated rings. The molecule has 0 unspecified atom stereocenters. The first kappa shape index (κ1) is 11.2. The van der Waals surface area contributed by atoms with Crippen LogP contribution in [0.2, 0.25) is 0 Å². The summed E-state index contributed by atoms with van der Waals surface area (Å²) in [7, 11) is 0. The molecule has 1 aliphatic heterocycles. The lowest BCUT2D eigenvalue weighted by molar-refractivity contribution is 0.293. The van der Waals surface area contributed by atoms with Crippen LogP contribution in [-0.2, 0) is 6.61 Å². The molecule has 1 aromatic carbocycles. The van der Waals surface area contributed by atoms with Crippen molar-refractivity contribution in [2.24, 2.45) is 0 Å². The maximum atomic E-state index is 5.65. The lowest BCUT2D eigenvalue weighted by Gasteiger charge is -2.27. The molecule has 0 saturated carbocycles. The fraction of sp³-hybridized carbons (Fsp3) is 0.267. The van der Waals surface area contributed by atoms with E-state index in [-0.39, 0.29) is 0 Å². The molecular weight excluding hydrogens is 224 g/mol. The van der Waals surface area contributed by atoms with Gasteiger partial charge in [-0.2, -0.15) is 0 Å². The standard InChI is InChI=1S/C15H16N2O/c1-2-4-12(5-3-1)11-18-15-7-6-13(10-17-15)14-8-16-9-14/h1-7,10,14,16H,8-9,11H2. The smallest absolute Gasteiger partial charge is 0.213 e. The van der Waals surface area contributed by atoms with E-state index in [2.05, 4.69) is 28.5 Å². The molecular formula is C15H16N2O. The molecule has 1 aromatic heterocycles. The van der Waals surface area contributed by atoms with E-state index in [1.807, 2.05) is 30.5 Å². The van der Waals surface area contributed by atoms with Gasteiger partial charge in [-0.15, -0.1) is 0 Å². The quantitative estimate of drug-likeness (QED) is 0.890. The molecule has 3 nitrogen and oxygen atoms in total. The van der Waals surface area contributed by atoms with Crippen molar-refractivity contribution in [3.63, 3.8) is 0 Å². The van der Waals surface area contributed by atoms with Crippen LogP contribution in [0.1, 0.15) is 17.0 Å². The van der Waals surface area contributed by atoms with Crippen molar-refractivity contribution in [2.75, 3.05) is 13.1 Å². The van der Waals surface area contributed by atoms with Crippen LogP contribution in [0.25, 0.3) is 0 Å². The third-order valence-corrected chi connectivity index (χ3v) is 3.24. The lowest BCUT2D eigenvalue weighted by Crippen LogP contribution is -2.39. The van der Waals surface area contributed by atoms with Crippen LogP contribution >= 0.6 is 0 Å². The van der Waals surface area contributed by atoms with Crippen molar-refractivity contribution in [1.82, 2.24) is 10.3 Å². The minimum Gasteiger partial charge on any atom is -0.473 e. The average Bonchev–Trinajstić information content (AvgIpc) is 2.37. The van der Waals surface area contributed by atoms with Gasteiger partial charge in [0.15, 0.2) is 0 Å². The molecule has 3 rings (SSSR count). The Morgan fingerprint density at radius 3 is 2.56 bits per heavy atom. The highest BCUT2D eigenvalue weighted by Gasteiger charge is 2.18. The summed E-state index contributed by atoms with van der Waals surface area (Å²) in [5.74, 6) is 1.32. The highest BCUT2D eigenvalue weighted by molar-refractivity contribution is 5.24. The van der Waals surface area contributed by atoms with Gasteiger partial charge in [0, 0.05) is 31.3 Å². The molecule has 1 saturated heterocycles. The lowest BCUT2D eigenvalue weighted by atomic mass is 9.95. The van der Waals surface area contributed by atoms with E-state index in [4.69, 9.17) is 4.74 Å². The Morgan fingerprint density at radius 1 is 1.11 bits per heavy atom. The van der Waals surface area contributed by atoms with Crippen molar-refractivity contribution in [2.45, 2.75) is 12.5 Å². The van der Waals surface area contributed by atoms with E-state index in [0.717, 1.165) is 18.7 Å². The minimum atomic E-state index is 0.568. The third-order valence-electron chi connectivity index (χ3n) is 3.24. The van der Waals surface area contributed by atoms with Crippen LogP contribution in [-0.4, -0.2) is 18.1 Å². The maximum absolute atomic E-state index is 5.65. The Bertz CT molecular complexity index is 492. The van der Waals surface area contributed by atoms with Gasteiger partial charge in [0.1, 0.15) is 6.61 Å². The zero-order valence-electron chi connectivity index (χ0n) is 10.2. The molecule has 2 aromatic rings. The Balaban J connectivity index is 1.59. The number of rotatable bonds is 4. The second kappa shape index (κ2) is 5.19. The van der Waals surface area contributed by atoms with Crippen LogP contribution in [0.5, 0.6) is 5.88 Å². The Kier molecular flexibility index (Phi) is 3.24. The molecule has 92 valence electrons. The molecule has 2 heterocycles. The highest BCUT2D eigenvalue weighted by atomic mass is 16.5. The maximum Gasteiger partial charge on any atom is 0.213 e. The van der Waals surface area contributed by atoms with Crippen LogP contribution in [0.15, 0.2) is 48.7 Å². The number of aromatic nitrogens is 1. The largest absolute Gasteiger partial charge is 0.473 e. The number of nitrogens with one attached hydrogen (secondary N) is 1. The zero-order chi connectivity index (χ0) is 12.2. The predicted octanol–water partition coefficient (Wildman–Crippen LogP) is 2.35. The van der Waals surface area contributed by atoms with Gasteiger partial charge in [0.2, 0.25) is 5.88 Å². The molecule has 1 N–H and O–H groups in total. The van der Waals surface area contributed by atoms with Gasteiger partial charge in [0.25, 0.3) is 0 Å². The molecule has 0 bridgehead atoms. The molecule has 0 radical (unpaired) electrons. The van der Waals surface area contributed by atoms with E-state index < -0.39 is 0 Å². The molecule has 18 heavy (non-hydrogen) atoms. The van der Waals surface area contributed by atoms with Crippen LogP contribution < -0.4 is 10.1 Å². The number of hydrogen-bond acceptors (Lipinski definition) is 3. The molecule has 0 spiro atoms. The van der Waals surface area contributed by atoms with Crippen LogP contribution in [0.3, 0.4) is 0 Å². The topological polar surface area (TPSA) is 34.1 Å². The van der Waals surface area contributed by atoms with E-state index in [1.165, 1.54) is 5.56 Å². The fourth-order valence-electron chi connectivity index (χ4n) is 1.97. The monoisotopic (exact) mass is 240 g/mol. The SMILES string of the molecule is c1ccc(COc2ccc(C3CNC3)cn2)cc1. The molecule has 1 aliphatic rings. The number of pyridine rings is 1. The number of ether oxygens (including phenoxy) is 1. The van der Waals surface area contributed by atoms with Crippen LogP contribution in [0.4, 0.5) is 0 Å². The predicted molar refractivity (Wildman–Crippen MR) is 70.6 cm³/mol. The van der Waals surface area contributed by atoms with E-state index in [0.29, 0.717) is 18.4 Å². The van der Waals surface area contributed by atoms with Crippen molar-refractivity contribution in [3.8, 4) is 5.88 Å². The summed E-state index contributed by atoms with van der Waals surface area (Å²) in [4.78, 5) is 4.35. The molecule has 0 atom stereocenters. The Morgan fingerprint density at radius 2 is 1.94 bits per heavy atom. The number of nitrogens with zero attached hydrogens (tertiary/aromatic N) is 1. The van der Waals surface area contributed by atoms with Crippen molar-refractivity contribution >= 4 is 0 Å². The van der Waals surface area contributed by atoms with Gasteiger partial charge in [-0.3, -0.25) is 0 Å². The number of benzene rings is 1. The van der Waals surface area contributed by atoms with Gasteiger partial charge < -0.3 is 10.1 Å². The highest BCUT2D eigenvalue weighted by Crippen LogP contribution is 2.20. The number of hydrogen-bond donors (Lipinski definition) is 1. The van der Waals surface area contributed by atoms with Gasteiger partial charge in [-0.1, -0.05) is 36.4 Å². The minimum absolute atomic E-state index is 0.568. The summed E-state index contributed by atoms with van der Waals surface area (Å²) in [6.07, 6.45) is 1.92. The summed E-state index contributed by atoms with van der Waals surface area (Å²) in [5.41, 5.74) is 2.45. The van der Waals surface area contributed by atoms with E-state index in [9.17, 15) is 0 Å². The molecule has 3 heteroatoms. The first-order chi connectivity index (χ1) is 8.92. The van der Waals surface area contributed by atoms with Gasteiger partial charge in [0.05, 0.1) is 0 Å². The van der Waals surface area contributed by atoms with E-state index >= 15 is 0 Å². The summed E-state index contributed by atoms with van der Waals surface area (Å²) >= 11 is 0. The average molecular weight is 240 g/mol. The Hall–Kier alpha value is -1.87. The van der Waals surface area contributed by atoms with Gasteiger partial charge >= 0.3 is 0 Å². The van der Waals surface area contributed by atoms with Crippen LogP contribution in [0, 0.1) is 0 Å². The molecule has 0 aliphatic carbocycles. The van der Waals surface area contributed by atoms with Gasteiger partial charge in [-0.25, -0.2) is 4.98 Å². The Labute approximate surface area is 107 Å². The second-order valence-electron chi connectivity index (χ2n) is 4.56. The first-order valence-corrected chi connectivity index (χ1v) is 6.25. The zero-order valence-corrected chi connectivity index (χ0v) is 10.2. The summed E-state index contributed by atoms with van der Waals surface area (Å²) in [6, 6.07) is 14.2. The second-order valence-corrected chi connectivity index (χ2v) is 4.56. The fourth-order valence-corrected chi connectivity index (χ4v) is 1.97. The molecule has 0 amide bonds. The van der Waals surface area contributed by atoms with Crippen molar-refractivity contribution < 1.29 is 4.74 Å². The third kappa shape index (κ3) is 2.51. The first-order valence-electron chi connectivity index (χ1n) is 6.25. The summed E-state index contributed by atoms with van der Waals surface area (Å²) in [6.45, 7) is 2.69. The van der Waals surface area contributed by atoms with Crippen molar-refractivity contribution in [1.29, 1.82) is 0 Å². The van der Waals surface area contributed by atoms with Gasteiger partial charge in [-0.05, 0) is 11.1 Å². The normalized spacial score (nSPS) is 15.1.